The van der Waals surface area contributed by atoms with Crippen LogP contribution in [0.2, 0.25) is 0 Å². The van der Waals surface area contributed by atoms with Gasteiger partial charge in [0, 0.05) is 24.4 Å². The van der Waals surface area contributed by atoms with E-state index < -0.39 is 0 Å². The second-order valence-electron chi connectivity index (χ2n) is 6.59. The van der Waals surface area contributed by atoms with Crippen LogP contribution in [0.25, 0.3) is 0 Å². The molecule has 1 unspecified atom stereocenters. The highest BCUT2D eigenvalue weighted by atomic mass is 35.5. The maximum atomic E-state index is 12.2. The molecule has 0 bridgehead atoms. The van der Waals surface area contributed by atoms with Gasteiger partial charge in [0.25, 0.3) is 0 Å². The summed E-state index contributed by atoms with van der Waals surface area (Å²) in [5.74, 6) is 0.0289. The van der Waals surface area contributed by atoms with Gasteiger partial charge in [-0.2, -0.15) is 0 Å². The molecular formula is C20H25ClN2O. The highest BCUT2D eigenvalue weighted by molar-refractivity contribution is 5.85. The van der Waals surface area contributed by atoms with Crippen LogP contribution in [0.1, 0.15) is 42.0 Å². The molecule has 0 aromatic heterocycles. The number of rotatable bonds is 6. The minimum Gasteiger partial charge on any atom is -0.355 e. The van der Waals surface area contributed by atoms with Gasteiger partial charge in [-0.05, 0) is 36.5 Å². The molecule has 0 spiro atoms. The Kier molecular flexibility index (Phi) is 6.03. The predicted molar refractivity (Wildman–Crippen MR) is 100 cm³/mol. The summed E-state index contributed by atoms with van der Waals surface area (Å²) in [5.41, 5.74) is 9.94. The fourth-order valence-electron chi connectivity index (χ4n) is 3.22. The number of nitrogens with two attached hydrogens (primary N) is 1. The van der Waals surface area contributed by atoms with Gasteiger partial charge in [0.2, 0.25) is 5.91 Å². The van der Waals surface area contributed by atoms with Gasteiger partial charge in [-0.1, -0.05) is 54.6 Å². The van der Waals surface area contributed by atoms with Gasteiger partial charge in [0.1, 0.15) is 0 Å². The normalized spacial score (nSPS) is 15.9. The summed E-state index contributed by atoms with van der Waals surface area (Å²) in [6, 6.07) is 18.0. The topological polar surface area (TPSA) is 55.1 Å². The molecule has 1 fully saturated rings. The van der Waals surface area contributed by atoms with Gasteiger partial charge < -0.3 is 11.1 Å². The van der Waals surface area contributed by atoms with E-state index in [-0.39, 0.29) is 29.8 Å². The van der Waals surface area contributed by atoms with Gasteiger partial charge in [0.05, 0.1) is 0 Å². The van der Waals surface area contributed by atoms with Crippen LogP contribution in [0.15, 0.2) is 54.6 Å². The quantitative estimate of drug-likeness (QED) is 0.840. The number of carbonyl (C=O) groups is 1. The Morgan fingerprint density at radius 1 is 1.12 bits per heavy atom. The summed E-state index contributed by atoms with van der Waals surface area (Å²) >= 11 is 0. The van der Waals surface area contributed by atoms with Crippen molar-refractivity contribution in [2.75, 3.05) is 6.54 Å². The summed E-state index contributed by atoms with van der Waals surface area (Å²) in [6.45, 7) is 2.85. The van der Waals surface area contributed by atoms with Crippen LogP contribution < -0.4 is 11.1 Å². The summed E-state index contributed by atoms with van der Waals surface area (Å²) < 4.78 is 0. The second kappa shape index (κ2) is 7.82. The third-order valence-corrected chi connectivity index (χ3v) is 4.83. The Hall–Kier alpha value is -1.84. The molecule has 3 N–H and O–H groups in total. The molecule has 2 aromatic carbocycles. The summed E-state index contributed by atoms with van der Waals surface area (Å²) in [4.78, 5) is 12.2. The highest BCUT2D eigenvalue weighted by Gasteiger charge is 2.45. The van der Waals surface area contributed by atoms with Crippen molar-refractivity contribution in [3.63, 3.8) is 0 Å². The van der Waals surface area contributed by atoms with E-state index in [9.17, 15) is 4.79 Å². The van der Waals surface area contributed by atoms with Gasteiger partial charge in [0.15, 0.2) is 0 Å². The van der Waals surface area contributed by atoms with Crippen molar-refractivity contribution in [2.45, 2.75) is 37.6 Å². The average Bonchev–Trinajstić information content (AvgIpc) is 3.35. The summed E-state index contributed by atoms with van der Waals surface area (Å²) in [7, 11) is 0. The fourth-order valence-corrected chi connectivity index (χ4v) is 3.22. The molecule has 0 aliphatic heterocycles. The van der Waals surface area contributed by atoms with Crippen molar-refractivity contribution in [3.05, 3.63) is 71.3 Å². The molecule has 1 saturated carbocycles. The third kappa shape index (κ3) is 4.16. The first-order chi connectivity index (χ1) is 11.1. The maximum absolute atomic E-state index is 12.2. The third-order valence-electron chi connectivity index (χ3n) is 4.83. The molecule has 1 atom stereocenters. The lowest BCUT2D eigenvalue weighted by Crippen LogP contribution is -2.34. The van der Waals surface area contributed by atoms with Gasteiger partial charge in [-0.15, -0.1) is 12.4 Å². The maximum Gasteiger partial charge on any atom is 0.221 e. The lowest BCUT2D eigenvalue weighted by atomic mass is 9.92. The number of halogens is 1. The van der Waals surface area contributed by atoms with E-state index >= 15 is 0 Å². The van der Waals surface area contributed by atoms with Crippen LogP contribution in [-0.4, -0.2) is 12.5 Å². The number of nitrogens with one attached hydrogen (secondary N) is 1. The molecule has 0 radical (unpaired) electrons. The Morgan fingerprint density at radius 2 is 1.75 bits per heavy atom. The molecule has 128 valence electrons. The second-order valence-corrected chi connectivity index (χ2v) is 6.59. The number of benzene rings is 2. The van der Waals surface area contributed by atoms with E-state index in [1.165, 1.54) is 11.1 Å². The minimum atomic E-state index is -0.246. The first-order valence-corrected chi connectivity index (χ1v) is 8.24. The van der Waals surface area contributed by atoms with E-state index in [2.05, 4.69) is 36.5 Å². The van der Waals surface area contributed by atoms with Crippen LogP contribution in [0.5, 0.6) is 0 Å². The highest BCUT2D eigenvalue weighted by Crippen LogP contribution is 2.48. The molecule has 24 heavy (non-hydrogen) atoms. The zero-order valence-corrected chi connectivity index (χ0v) is 14.8. The standard InChI is InChI=1S/C20H24N2O.ClH/c1-15-7-5-6-10-17(15)20(11-12-20)14-22-19(23)13-18(21)16-8-3-2-4-9-16;/h2-10,18H,11-14,21H2,1H3,(H,22,23);1H. The lowest BCUT2D eigenvalue weighted by molar-refractivity contribution is -0.121. The van der Waals surface area contributed by atoms with Gasteiger partial charge >= 0.3 is 0 Å². The average molecular weight is 345 g/mol. The number of amides is 1. The van der Waals surface area contributed by atoms with E-state index in [1.807, 2.05) is 30.3 Å². The molecule has 1 amide bonds. The number of hydrogen-bond acceptors (Lipinski definition) is 2. The Morgan fingerprint density at radius 3 is 2.38 bits per heavy atom. The molecule has 4 heteroatoms. The van der Waals surface area contributed by atoms with E-state index in [0.717, 1.165) is 18.4 Å². The first kappa shape index (κ1) is 18.5. The number of carbonyl (C=O) groups excluding carboxylic acids is 1. The molecule has 2 aromatic rings. The molecule has 3 rings (SSSR count). The van der Waals surface area contributed by atoms with Gasteiger partial charge in [-0.25, -0.2) is 0 Å². The van der Waals surface area contributed by atoms with Crippen molar-refractivity contribution in [2.24, 2.45) is 5.73 Å². The van der Waals surface area contributed by atoms with Crippen molar-refractivity contribution >= 4 is 18.3 Å². The SMILES string of the molecule is Cc1ccccc1C1(CNC(=O)CC(N)c2ccccc2)CC1.Cl. The van der Waals surface area contributed by atoms with Crippen LogP contribution in [0.4, 0.5) is 0 Å². The van der Waals surface area contributed by atoms with E-state index in [0.29, 0.717) is 13.0 Å². The minimum absolute atomic E-state index is 0. The van der Waals surface area contributed by atoms with Crippen LogP contribution in [0, 0.1) is 6.92 Å². The molecule has 3 nitrogen and oxygen atoms in total. The fraction of sp³-hybridized carbons (Fsp3) is 0.350. The zero-order chi connectivity index (χ0) is 16.3. The first-order valence-electron chi connectivity index (χ1n) is 8.24. The molecule has 1 aliphatic carbocycles. The van der Waals surface area contributed by atoms with E-state index in [4.69, 9.17) is 5.73 Å². The molecular weight excluding hydrogens is 320 g/mol. The number of hydrogen-bond donors (Lipinski definition) is 2. The largest absolute Gasteiger partial charge is 0.355 e. The molecule has 1 aliphatic rings. The van der Waals surface area contributed by atoms with Crippen molar-refractivity contribution in [1.82, 2.24) is 5.32 Å². The van der Waals surface area contributed by atoms with Crippen LogP contribution >= 0.6 is 12.4 Å². The van der Waals surface area contributed by atoms with Crippen molar-refractivity contribution in [1.29, 1.82) is 0 Å². The van der Waals surface area contributed by atoms with Crippen LogP contribution in [0.3, 0.4) is 0 Å². The lowest BCUT2D eigenvalue weighted by Gasteiger charge is -2.20. The van der Waals surface area contributed by atoms with E-state index in [1.54, 1.807) is 0 Å². The molecule has 0 saturated heterocycles. The summed E-state index contributed by atoms with van der Waals surface area (Å²) in [6.07, 6.45) is 2.61. The zero-order valence-electron chi connectivity index (χ0n) is 14.0. The van der Waals surface area contributed by atoms with Crippen LogP contribution in [-0.2, 0) is 10.2 Å². The van der Waals surface area contributed by atoms with Crippen molar-refractivity contribution in [3.8, 4) is 0 Å². The number of aryl methyl sites for hydroxylation is 1. The Labute approximate surface area is 150 Å². The monoisotopic (exact) mass is 344 g/mol. The predicted octanol–water partition coefficient (Wildman–Crippen LogP) is 3.65. The van der Waals surface area contributed by atoms with Gasteiger partial charge in [-0.3, -0.25) is 4.79 Å². The Balaban J connectivity index is 0.00000208. The summed E-state index contributed by atoms with van der Waals surface area (Å²) in [5, 5.41) is 3.09. The smallest absolute Gasteiger partial charge is 0.221 e. The molecule has 0 heterocycles. The Bertz CT molecular complexity index is 683. The van der Waals surface area contributed by atoms with Crippen molar-refractivity contribution < 1.29 is 4.79 Å².